The third-order valence-electron chi connectivity index (χ3n) is 4.28. The Morgan fingerprint density at radius 1 is 0.667 bits per heavy atom. The van der Waals surface area contributed by atoms with Gasteiger partial charge in [-0.05, 0) is 41.5 Å². The van der Waals surface area contributed by atoms with Crippen LogP contribution in [0.1, 0.15) is 22.3 Å². The Balaban J connectivity index is 1.62. The lowest BCUT2D eigenvalue weighted by atomic mass is 10.1. The van der Waals surface area contributed by atoms with Crippen molar-refractivity contribution >= 4 is 11.7 Å². The van der Waals surface area contributed by atoms with Crippen molar-refractivity contribution in [1.82, 2.24) is 0 Å². The molecule has 3 aromatic carbocycles. The van der Waals surface area contributed by atoms with Gasteiger partial charge in [-0.2, -0.15) is 0 Å². The van der Waals surface area contributed by atoms with Gasteiger partial charge < -0.3 is 31.4 Å². The maximum atomic E-state index is 8.79. The predicted octanol–water partition coefficient (Wildman–Crippen LogP) is 3.03. The van der Waals surface area contributed by atoms with Crippen LogP contribution in [-0.2, 0) is 13.2 Å². The minimum Gasteiger partial charge on any atom is -0.489 e. The molecule has 0 aromatic heterocycles. The van der Waals surface area contributed by atoms with Crippen LogP contribution >= 0.6 is 0 Å². The number of ether oxygens (including phenoxy) is 2. The van der Waals surface area contributed by atoms with Crippen LogP contribution in [0.25, 0.3) is 0 Å². The van der Waals surface area contributed by atoms with Crippen molar-refractivity contribution < 1.29 is 19.9 Å². The number of benzene rings is 3. The third kappa shape index (κ3) is 5.41. The van der Waals surface area contributed by atoms with Crippen LogP contribution in [-0.4, -0.2) is 22.1 Å². The van der Waals surface area contributed by atoms with Crippen molar-refractivity contribution in [2.45, 2.75) is 13.2 Å². The van der Waals surface area contributed by atoms with E-state index in [9.17, 15) is 0 Å². The van der Waals surface area contributed by atoms with Gasteiger partial charge in [0.15, 0.2) is 11.7 Å². The summed E-state index contributed by atoms with van der Waals surface area (Å²) in [4.78, 5) is 0. The standard InChI is InChI=1S/C22H22N4O4/c23-21(25-27)17-6-2-8-19(11-17)29-13-15-4-1-5-16(10-15)14-30-20-9-3-7-18(12-20)22(24)26-28/h1-12,27-28H,13-14H2,(H2,23,25)(H2,24,26). The summed E-state index contributed by atoms with van der Waals surface area (Å²) in [5.74, 6) is 1.27. The van der Waals surface area contributed by atoms with Gasteiger partial charge in [-0.3, -0.25) is 0 Å². The van der Waals surface area contributed by atoms with E-state index in [-0.39, 0.29) is 11.7 Å². The Hall–Kier alpha value is -4.20. The zero-order valence-electron chi connectivity index (χ0n) is 16.1. The summed E-state index contributed by atoms with van der Waals surface area (Å²) in [7, 11) is 0. The summed E-state index contributed by atoms with van der Waals surface area (Å²) < 4.78 is 11.6. The van der Waals surface area contributed by atoms with Crippen molar-refractivity contribution in [2.24, 2.45) is 21.8 Å². The number of hydrogen-bond donors (Lipinski definition) is 4. The number of nitrogens with zero attached hydrogens (tertiary/aromatic N) is 2. The van der Waals surface area contributed by atoms with E-state index in [0.29, 0.717) is 35.8 Å². The van der Waals surface area contributed by atoms with Crippen LogP contribution in [0.5, 0.6) is 11.5 Å². The highest BCUT2D eigenvalue weighted by atomic mass is 16.5. The minimum absolute atomic E-state index is 0.0238. The second-order valence-electron chi connectivity index (χ2n) is 6.42. The molecule has 0 heterocycles. The third-order valence-corrected chi connectivity index (χ3v) is 4.28. The molecule has 0 aliphatic rings. The molecule has 0 amide bonds. The molecule has 0 aliphatic heterocycles. The number of oxime groups is 2. The van der Waals surface area contributed by atoms with E-state index in [4.69, 9.17) is 31.4 Å². The summed E-state index contributed by atoms with van der Waals surface area (Å²) in [6.45, 7) is 0.707. The summed E-state index contributed by atoms with van der Waals surface area (Å²) in [6.07, 6.45) is 0. The maximum absolute atomic E-state index is 8.79. The van der Waals surface area contributed by atoms with Crippen molar-refractivity contribution in [2.75, 3.05) is 0 Å². The van der Waals surface area contributed by atoms with Crippen molar-refractivity contribution in [3.8, 4) is 11.5 Å². The Bertz CT molecular complexity index is 986. The van der Waals surface area contributed by atoms with Crippen molar-refractivity contribution in [3.05, 3.63) is 95.1 Å². The topological polar surface area (TPSA) is 136 Å². The quantitative estimate of drug-likeness (QED) is 0.196. The van der Waals surface area contributed by atoms with Crippen molar-refractivity contribution in [1.29, 1.82) is 0 Å². The number of rotatable bonds is 8. The molecule has 0 radical (unpaired) electrons. The van der Waals surface area contributed by atoms with Crippen LogP contribution in [0, 0.1) is 0 Å². The molecule has 0 bridgehead atoms. The van der Waals surface area contributed by atoms with Gasteiger partial charge >= 0.3 is 0 Å². The van der Waals surface area contributed by atoms with Crippen molar-refractivity contribution in [3.63, 3.8) is 0 Å². The number of nitrogens with two attached hydrogens (primary N) is 2. The van der Waals surface area contributed by atoms with Gasteiger partial charge in [0.1, 0.15) is 24.7 Å². The summed E-state index contributed by atoms with van der Waals surface area (Å²) in [5.41, 5.74) is 14.3. The first-order valence-electron chi connectivity index (χ1n) is 9.08. The smallest absolute Gasteiger partial charge is 0.170 e. The van der Waals surface area contributed by atoms with E-state index in [0.717, 1.165) is 11.1 Å². The number of amidine groups is 2. The molecule has 0 saturated heterocycles. The van der Waals surface area contributed by atoms with Crippen LogP contribution in [0.15, 0.2) is 83.1 Å². The molecule has 6 N–H and O–H groups in total. The van der Waals surface area contributed by atoms with E-state index < -0.39 is 0 Å². The predicted molar refractivity (Wildman–Crippen MR) is 113 cm³/mol. The lowest BCUT2D eigenvalue weighted by Crippen LogP contribution is -2.13. The first-order chi connectivity index (χ1) is 14.6. The molecule has 8 heteroatoms. The maximum Gasteiger partial charge on any atom is 0.170 e. The fourth-order valence-corrected chi connectivity index (χ4v) is 2.75. The van der Waals surface area contributed by atoms with E-state index in [1.54, 1.807) is 48.5 Å². The van der Waals surface area contributed by atoms with Gasteiger partial charge in [0.25, 0.3) is 0 Å². The fraction of sp³-hybridized carbons (Fsp3) is 0.0909. The Kier molecular flexibility index (Phi) is 6.73. The lowest BCUT2D eigenvalue weighted by molar-refractivity contribution is 0.299. The molecule has 3 aromatic rings. The van der Waals surface area contributed by atoms with Crippen LogP contribution in [0.3, 0.4) is 0 Å². The molecule has 3 rings (SSSR count). The summed E-state index contributed by atoms with van der Waals surface area (Å²) >= 11 is 0. The molecule has 154 valence electrons. The first kappa shape index (κ1) is 20.5. The van der Waals surface area contributed by atoms with Gasteiger partial charge in [-0.1, -0.05) is 52.8 Å². The second kappa shape index (κ2) is 9.83. The molecule has 0 atom stereocenters. The largest absolute Gasteiger partial charge is 0.489 e. The van der Waals surface area contributed by atoms with Gasteiger partial charge in [0.05, 0.1) is 0 Å². The Labute approximate surface area is 173 Å². The zero-order chi connectivity index (χ0) is 21.3. The molecule has 0 fully saturated rings. The molecular weight excluding hydrogens is 384 g/mol. The summed E-state index contributed by atoms with van der Waals surface area (Å²) in [5, 5.41) is 23.6. The lowest BCUT2D eigenvalue weighted by Gasteiger charge is -2.10. The molecule has 0 spiro atoms. The highest BCUT2D eigenvalue weighted by molar-refractivity contribution is 5.97. The molecule has 0 saturated carbocycles. The average molecular weight is 406 g/mol. The molecule has 30 heavy (non-hydrogen) atoms. The van der Waals surface area contributed by atoms with Crippen LogP contribution in [0.4, 0.5) is 0 Å². The normalized spacial score (nSPS) is 11.9. The average Bonchev–Trinajstić information content (AvgIpc) is 2.81. The SMILES string of the molecule is NC(=NO)c1cccc(OCc2cccc(COc3cccc(C(N)=NO)c3)c2)c1. The zero-order valence-corrected chi connectivity index (χ0v) is 16.1. The number of hydrogen-bond acceptors (Lipinski definition) is 6. The fourth-order valence-electron chi connectivity index (χ4n) is 2.75. The molecule has 0 aliphatic carbocycles. The monoisotopic (exact) mass is 406 g/mol. The molecule has 0 unspecified atom stereocenters. The molecular formula is C22H22N4O4. The molecule has 8 nitrogen and oxygen atoms in total. The van der Waals surface area contributed by atoms with Gasteiger partial charge in [0, 0.05) is 11.1 Å². The first-order valence-corrected chi connectivity index (χ1v) is 9.08. The Morgan fingerprint density at radius 2 is 1.10 bits per heavy atom. The Morgan fingerprint density at radius 3 is 1.53 bits per heavy atom. The van der Waals surface area contributed by atoms with E-state index in [1.807, 2.05) is 24.3 Å². The van der Waals surface area contributed by atoms with E-state index >= 15 is 0 Å². The summed E-state index contributed by atoms with van der Waals surface area (Å²) in [6, 6.07) is 21.8. The second-order valence-corrected chi connectivity index (χ2v) is 6.42. The highest BCUT2D eigenvalue weighted by Gasteiger charge is 2.04. The van der Waals surface area contributed by atoms with Gasteiger partial charge in [-0.25, -0.2) is 0 Å². The van der Waals surface area contributed by atoms with E-state index in [2.05, 4.69) is 10.3 Å². The highest BCUT2D eigenvalue weighted by Crippen LogP contribution is 2.18. The van der Waals surface area contributed by atoms with Crippen LogP contribution in [0.2, 0.25) is 0 Å². The van der Waals surface area contributed by atoms with Crippen LogP contribution < -0.4 is 20.9 Å². The van der Waals surface area contributed by atoms with Gasteiger partial charge in [0.2, 0.25) is 0 Å². The minimum atomic E-state index is 0.0238. The van der Waals surface area contributed by atoms with E-state index in [1.165, 1.54) is 0 Å². The van der Waals surface area contributed by atoms with Gasteiger partial charge in [-0.15, -0.1) is 0 Å².